The number of carbonyl (C=O) groups is 2. The van der Waals surface area contributed by atoms with Crippen molar-refractivity contribution >= 4 is 23.0 Å². The molecule has 0 spiro atoms. The zero-order valence-electron chi connectivity index (χ0n) is 20.4. The number of hydrogen-bond acceptors (Lipinski definition) is 6. The Labute approximate surface area is 208 Å². The fourth-order valence-electron chi connectivity index (χ4n) is 4.08. The first-order valence-electron chi connectivity index (χ1n) is 11.7. The molecule has 1 aromatic heterocycles. The Morgan fingerprint density at radius 2 is 1.92 bits per heavy atom. The molecule has 2 amide bonds. The van der Waals surface area contributed by atoms with Crippen molar-refractivity contribution in [1.82, 2.24) is 10.5 Å². The largest absolute Gasteiger partial charge is 0.497 e. The van der Waals surface area contributed by atoms with Crippen molar-refractivity contribution in [3.8, 4) is 28.5 Å². The molecule has 8 heteroatoms. The van der Waals surface area contributed by atoms with E-state index in [0.717, 1.165) is 46.4 Å². The van der Waals surface area contributed by atoms with Gasteiger partial charge in [0.25, 0.3) is 0 Å². The highest BCUT2D eigenvalue weighted by atomic mass is 16.5. The van der Waals surface area contributed by atoms with Crippen LogP contribution in [0.25, 0.3) is 22.2 Å². The molecule has 4 aromatic rings. The molecule has 1 heterocycles. The molecule has 1 atom stereocenters. The number of fused-ring (bicyclic) bond motifs is 1. The third-order valence-electron chi connectivity index (χ3n) is 5.88. The van der Waals surface area contributed by atoms with Crippen LogP contribution >= 0.6 is 0 Å². The smallest absolute Gasteiger partial charge is 0.411 e. The van der Waals surface area contributed by atoms with Crippen molar-refractivity contribution < 1.29 is 28.7 Å². The lowest BCUT2D eigenvalue weighted by atomic mass is 10.00. The maximum absolute atomic E-state index is 12.0. The second-order valence-corrected chi connectivity index (χ2v) is 8.61. The van der Waals surface area contributed by atoms with Crippen LogP contribution in [0.2, 0.25) is 0 Å². The number of aryl methyl sites for hydroxylation is 1. The second kappa shape index (κ2) is 10.9. The average Bonchev–Trinajstić information content (AvgIpc) is 3.28. The van der Waals surface area contributed by atoms with E-state index < -0.39 is 17.9 Å². The summed E-state index contributed by atoms with van der Waals surface area (Å²) in [7, 11) is 1.61. The van der Waals surface area contributed by atoms with Crippen LogP contribution in [-0.2, 0) is 17.6 Å². The number of amides is 2. The van der Waals surface area contributed by atoms with Gasteiger partial charge in [-0.15, -0.1) is 0 Å². The molecular weight excluding hydrogens is 460 g/mol. The van der Waals surface area contributed by atoms with Crippen molar-refractivity contribution in [3.63, 3.8) is 0 Å². The predicted molar refractivity (Wildman–Crippen MR) is 136 cm³/mol. The maximum atomic E-state index is 12.0. The van der Waals surface area contributed by atoms with Crippen LogP contribution in [-0.4, -0.2) is 29.4 Å². The summed E-state index contributed by atoms with van der Waals surface area (Å²) in [6, 6.07) is 19.1. The highest BCUT2D eigenvalue weighted by molar-refractivity contribution is 5.93. The average molecular weight is 489 g/mol. The van der Waals surface area contributed by atoms with Gasteiger partial charge < -0.3 is 19.1 Å². The van der Waals surface area contributed by atoms with Gasteiger partial charge in [0.2, 0.25) is 5.91 Å². The summed E-state index contributed by atoms with van der Waals surface area (Å²) in [5.74, 6) is 1.06. The minimum absolute atomic E-state index is 0.390. The molecule has 8 nitrogen and oxygen atoms in total. The highest BCUT2D eigenvalue weighted by Crippen LogP contribution is 2.35. The standard InChI is InChI=1S/C28H28N2O6/c1-4-6-19-15-20(26-23-11-10-21(34-3)16-25(23)36-30-26)9-12-24(19)35-22-8-5-7-18(14-22)13-17(2)27(31)29-28(32)33/h5,7-12,14-17H,4,6,13H2,1-3H3,(H,29,31)(H,32,33)/t17-/m0/s1. The minimum Gasteiger partial charge on any atom is -0.497 e. The van der Waals surface area contributed by atoms with Crippen LogP contribution in [0.3, 0.4) is 0 Å². The van der Waals surface area contributed by atoms with E-state index in [-0.39, 0.29) is 0 Å². The van der Waals surface area contributed by atoms with E-state index in [2.05, 4.69) is 18.1 Å². The van der Waals surface area contributed by atoms with Crippen molar-refractivity contribution in [3.05, 3.63) is 71.8 Å². The fourth-order valence-corrected chi connectivity index (χ4v) is 4.08. The van der Waals surface area contributed by atoms with Crippen LogP contribution in [0.1, 0.15) is 31.4 Å². The molecule has 0 aliphatic heterocycles. The lowest BCUT2D eigenvalue weighted by Crippen LogP contribution is -2.34. The van der Waals surface area contributed by atoms with Crippen molar-refractivity contribution in [2.24, 2.45) is 5.92 Å². The molecule has 3 aromatic carbocycles. The van der Waals surface area contributed by atoms with E-state index in [9.17, 15) is 9.59 Å². The molecule has 0 aliphatic rings. The van der Waals surface area contributed by atoms with Crippen molar-refractivity contribution in [2.45, 2.75) is 33.1 Å². The van der Waals surface area contributed by atoms with Crippen LogP contribution in [0.4, 0.5) is 4.79 Å². The molecule has 0 aliphatic carbocycles. The summed E-state index contributed by atoms with van der Waals surface area (Å²) in [6.07, 6.45) is 0.793. The van der Waals surface area contributed by atoms with Crippen molar-refractivity contribution in [1.29, 1.82) is 0 Å². The Bertz CT molecular complexity index is 1390. The van der Waals surface area contributed by atoms with Crippen LogP contribution in [0, 0.1) is 5.92 Å². The van der Waals surface area contributed by atoms with E-state index in [1.165, 1.54) is 0 Å². The predicted octanol–water partition coefficient (Wildman–Crippen LogP) is 6.22. The monoisotopic (exact) mass is 488 g/mol. The van der Waals surface area contributed by atoms with Gasteiger partial charge in [-0.25, -0.2) is 4.79 Å². The van der Waals surface area contributed by atoms with Crippen LogP contribution in [0.5, 0.6) is 17.2 Å². The normalized spacial score (nSPS) is 11.8. The van der Waals surface area contributed by atoms with Gasteiger partial charge in [-0.3, -0.25) is 10.1 Å². The molecular formula is C28H28N2O6. The molecule has 186 valence electrons. The Morgan fingerprint density at radius 3 is 2.67 bits per heavy atom. The number of carboxylic acid groups (broad SMARTS) is 1. The first-order valence-corrected chi connectivity index (χ1v) is 11.7. The number of aromatic nitrogens is 1. The summed E-state index contributed by atoms with van der Waals surface area (Å²) < 4.78 is 17.0. The molecule has 0 radical (unpaired) electrons. The second-order valence-electron chi connectivity index (χ2n) is 8.61. The highest BCUT2D eigenvalue weighted by Gasteiger charge is 2.17. The van der Waals surface area contributed by atoms with E-state index in [4.69, 9.17) is 19.1 Å². The molecule has 0 bridgehead atoms. The third kappa shape index (κ3) is 5.66. The number of carbonyl (C=O) groups excluding carboxylic acids is 1. The maximum Gasteiger partial charge on any atom is 0.411 e. The van der Waals surface area contributed by atoms with Gasteiger partial charge >= 0.3 is 6.09 Å². The zero-order valence-corrected chi connectivity index (χ0v) is 20.4. The number of ether oxygens (including phenoxy) is 2. The van der Waals surface area contributed by atoms with Crippen molar-refractivity contribution in [2.75, 3.05) is 7.11 Å². The van der Waals surface area contributed by atoms with E-state index in [1.54, 1.807) is 14.0 Å². The van der Waals surface area contributed by atoms with Crippen LogP contribution < -0.4 is 14.8 Å². The third-order valence-corrected chi connectivity index (χ3v) is 5.88. The number of rotatable bonds is 9. The summed E-state index contributed by atoms with van der Waals surface area (Å²) in [6.45, 7) is 3.80. The van der Waals surface area contributed by atoms with E-state index in [0.29, 0.717) is 23.5 Å². The number of methoxy groups -OCH3 is 1. The van der Waals surface area contributed by atoms with Gasteiger partial charge in [0.1, 0.15) is 22.9 Å². The summed E-state index contributed by atoms with van der Waals surface area (Å²) in [4.78, 5) is 22.7. The lowest BCUT2D eigenvalue weighted by molar-refractivity contribution is -0.123. The first kappa shape index (κ1) is 24.8. The molecule has 0 unspecified atom stereocenters. The number of nitrogens with zero attached hydrogens (tertiary/aromatic N) is 1. The number of imide groups is 1. The number of benzene rings is 3. The molecule has 0 saturated carbocycles. The SMILES string of the molecule is CCCc1cc(-c2noc3cc(OC)ccc23)ccc1Oc1cccc(C[C@H](C)C(=O)NC(=O)O)c1. The van der Waals surface area contributed by atoms with Gasteiger partial charge in [-0.05, 0) is 66.4 Å². The van der Waals surface area contributed by atoms with Gasteiger partial charge in [-0.1, -0.05) is 37.6 Å². The molecule has 4 rings (SSSR count). The molecule has 0 saturated heterocycles. The summed E-state index contributed by atoms with van der Waals surface area (Å²) >= 11 is 0. The Balaban J connectivity index is 1.57. The van der Waals surface area contributed by atoms with E-state index >= 15 is 0 Å². The Kier molecular flexibility index (Phi) is 7.53. The Morgan fingerprint density at radius 1 is 1.08 bits per heavy atom. The topological polar surface area (TPSA) is 111 Å². The molecule has 0 fully saturated rings. The molecule has 2 N–H and O–H groups in total. The van der Waals surface area contributed by atoms with Gasteiger partial charge in [0, 0.05) is 22.9 Å². The molecule has 36 heavy (non-hydrogen) atoms. The fraction of sp³-hybridized carbons (Fsp3) is 0.250. The Hall–Kier alpha value is -4.33. The first-order chi connectivity index (χ1) is 17.4. The van der Waals surface area contributed by atoms with Crippen LogP contribution in [0.15, 0.2) is 65.2 Å². The summed E-state index contributed by atoms with van der Waals surface area (Å²) in [5, 5.41) is 15.9. The van der Waals surface area contributed by atoms with E-state index in [1.807, 2.05) is 59.9 Å². The zero-order chi connectivity index (χ0) is 25.7. The van der Waals surface area contributed by atoms with Gasteiger partial charge in [0.05, 0.1) is 7.11 Å². The quantitative estimate of drug-likeness (QED) is 0.288. The van der Waals surface area contributed by atoms with Gasteiger partial charge in [-0.2, -0.15) is 0 Å². The minimum atomic E-state index is -1.35. The van der Waals surface area contributed by atoms with Gasteiger partial charge in [0.15, 0.2) is 5.58 Å². The number of hydrogen-bond donors (Lipinski definition) is 2. The summed E-state index contributed by atoms with van der Waals surface area (Å²) in [5.41, 5.74) is 4.26. The lowest BCUT2D eigenvalue weighted by Gasteiger charge is -2.14. The number of nitrogens with one attached hydrogen (secondary N) is 1.